The van der Waals surface area contributed by atoms with E-state index in [9.17, 15) is 8.78 Å². The van der Waals surface area contributed by atoms with Crippen LogP contribution in [0.5, 0.6) is 0 Å². The molecule has 1 N–H and O–H groups in total. The van der Waals surface area contributed by atoms with Crippen LogP contribution in [-0.4, -0.2) is 23.1 Å². The monoisotopic (exact) mass is 225 g/mol. The van der Waals surface area contributed by atoms with E-state index in [0.29, 0.717) is 17.5 Å². The summed E-state index contributed by atoms with van der Waals surface area (Å²) in [5, 5.41) is 2.99. The highest BCUT2D eigenvalue weighted by atomic mass is 19.1. The summed E-state index contributed by atoms with van der Waals surface area (Å²) in [6.45, 7) is 0.751. The minimum atomic E-state index is -0.594. The van der Waals surface area contributed by atoms with Gasteiger partial charge in [0.15, 0.2) is 5.82 Å². The number of likely N-dealkylation sites (N-methyl/N-ethyl adjacent to an activating group) is 1. The quantitative estimate of drug-likeness (QED) is 0.860. The molecule has 0 saturated heterocycles. The van der Waals surface area contributed by atoms with Crippen LogP contribution in [0.4, 0.5) is 8.78 Å². The molecule has 5 heteroatoms. The normalized spacial score (nSPS) is 11.2. The van der Waals surface area contributed by atoms with Crippen LogP contribution in [0.1, 0.15) is 5.82 Å². The zero-order valence-corrected chi connectivity index (χ0v) is 9.22. The third-order valence-corrected chi connectivity index (χ3v) is 2.58. The molecule has 0 aliphatic heterocycles. The number of fused-ring (bicyclic) bond motifs is 1. The fourth-order valence-corrected chi connectivity index (χ4v) is 1.77. The molecule has 0 spiro atoms. The van der Waals surface area contributed by atoms with Gasteiger partial charge in [-0.1, -0.05) is 0 Å². The number of nitrogens with zero attached hydrogens (tertiary/aromatic N) is 2. The number of hydrogen-bond donors (Lipinski definition) is 1. The maximum absolute atomic E-state index is 13.5. The van der Waals surface area contributed by atoms with Crippen LogP contribution in [0, 0.1) is 11.6 Å². The average molecular weight is 225 g/mol. The number of halogens is 2. The van der Waals surface area contributed by atoms with Gasteiger partial charge in [-0.15, -0.1) is 0 Å². The van der Waals surface area contributed by atoms with E-state index in [1.165, 1.54) is 6.07 Å². The first kappa shape index (κ1) is 11.0. The van der Waals surface area contributed by atoms with Gasteiger partial charge in [-0.25, -0.2) is 13.8 Å². The topological polar surface area (TPSA) is 29.9 Å². The van der Waals surface area contributed by atoms with Gasteiger partial charge >= 0.3 is 0 Å². The van der Waals surface area contributed by atoms with Crippen molar-refractivity contribution in [3.8, 4) is 0 Å². The molecule has 0 unspecified atom stereocenters. The lowest BCUT2D eigenvalue weighted by atomic mass is 10.3. The molecule has 0 aliphatic rings. The smallest absolute Gasteiger partial charge is 0.152 e. The molecule has 3 nitrogen and oxygen atoms in total. The van der Waals surface area contributed by atoms with Gasteiger partial charge in [0, 0.05) is 32.1 Å². The molecule has 1 heterocycles. The van der Waals surface area contributed by atoms with Gasteiger partial charge in [0.2, 0.25) is 0 Å². The predicted octanol–water partition coefficient (Wildman–Crippen LogP) is 1.61. The van der Waals surface area contributed by atoms with Gasteiger partial charge in [-0.3, -0.25) is 0 Å². The molecule has 0 bridgehead atoms. The summed E-state index contributed by atoms with van der Waals surface area (Å²) in [5.74, 6) is -0.419. The number of aryl methyl sites for hydroxylation is 1. The maximum atomic E-state index is 13.5. The van der Waals surface area contributed by atoms with Crippen molar-refractivity contribution in [1.82, 2.24) is 14.9 Å². The molecule has 0 aliphatic carbocycles. The Morgan fingerprint density at radius 2 is 2.12 bits per heavy atom. The first-order chi connectivity index (χ1) is 7.63. The van der Waals surface area contributed by atoms with E-state index in [2.05, 4.69) is 10.3 Å². The highest BCUT2D eigenvalue weighted by molar-refractivity contribution is 5.76. The SMILES string of the molecule is CNCCc1nc2cc(F)cc(F)c2n1C. The van der Waals surface area contributed by atoms with Crippen molar-refractivity contribution >= 4 is 11.0 Å². The second-order valence-corrected chi connectivity index (χ2v) is 3.70. The van der Waals surface area contributed by atoms with E-state index in [-0.39, 0.29) is 0 Å². The third kappa shape index (κ3) is 1.78. The van der Waals surface area contributed by atoms with E-state index in [1.807, 2.05) is 7.05 Å². The molecule has 1 aromatic heterocycles. The van der Waals surface area contributed by atoms with Crippen LogP contribution in [0.15, 0.2) is 12.1 Å². The van der Waals surface area contributed by atoms with E-state index in [0.717, 1.165) is 18.4 Å². The first-order valence-electron chi connectivity index (χ1n) is 5.08. The lowest BCUT2D eigenvalue weighted by Gasteiger charge is -2.01. The molecule has 86 valence electrons. The number of benzene rings is 1. The maximum Gasteiger partial charge on any atom is 0.152 e. The number of hydrogen-bond acceptors (Lipinski definition) is 2. The number of rotatable bonds is 3. The Labute approximate surface area is 92.1 Å². The fourth-order valence-electron chi connectivity index (χ4n) is 1.77. The van der Waals surface area contributed by atoms with E-state index >= 15 is 0 Å². The number of imidazole rings is 1. The molecular formula is C11H13F2N3. The molecule has 2 rings (SSSR count). The van der Waals surface area contributed by atoms with Crippen LogP contribution in [-0.2, 0) is 13.5 Å². The Bertz CT molecular complexity index is 519. The average Bonchev–Trinajstić information content (AvgIpc) is 2.52. The zero-order chi connectivity index (χ0) is 11.7. The molecule has 0 saturated carbocycles. The molecule has 16 heavy (non-hydrogen) atoms. The van der Waals surface area contributed by atoms with Crippen molar-refractivity contribution in [3.63, 3.8) is 0 Å². The molecule has 1 aromatic carbocycles. The van der Waals surface area contributed by atoms with Crippen molar-refractivity contribution in [2.75, 3.05) is 13.6 Å². The van der Waals surface area contributed by atoms with Gasteiger partial charge in [0.1, 0.15) is 17.2 Å². The zero-order valence-electron chi connectivity index (χ0n) is 9.22. The Kier molecular flexibility index (Phi) is 2.87. The minimum Gasteiger partial charge on any atom is -0.329 e. The Morgan fingerprint density at radius 3 is 2.81 bits per heavy atom. The van der Waals surface area contributed by atoms with Crippen LogP contribution >= 0.6 is 0 Å². The van der Waals surface area contributed by atoms with Gasteiger partial charge in [-0.2, -0.15) is 0 Å². The minimum absolute atomic E-state index is 0.354. The summed E-state index contributed by atoms with van der Waals surface area (Å²) in [5.41, 5.74) is 0.721. The number of aromatic nitrogens is 2. The van der Waals surface area contributed by atoms with Crippen LogP contribution in [0.2, 0.25) is 0 Å². The van der Waals surface area contributed by atoms with E-state index in [4.69, 9.17) is 0 Å². The molecule has 0 amide bonds. The summed E-state index contributed by atoms with van der Waals surface area (Å²) >= 11 is 0. The summed E-state index contributed by atoms with van der Waals surface area (Å²) in [6, 6.07) is 2.13. The van der Waals surface area contributed by atoms with Crippen LogP contribution in [0.3, 0.4) is 0 Å². The fraction of sp³-hybridized carbons (Fsp3) is 0.364. The molecule has 0 radical (unpaired) electrons. The lowest BCUT2D eigenvalue weighted by Crippen LogP contribution is -2.13. The Balaban J connectivity index is 2.54. The van der Waals surface area contributed by atoms with Gasteiger partial charge in [0.25, 0.3) is 0 Å². The second-order valence-electron chi connectivity index (χ2n) is 3.70. The summed E-state index contributed by atoms with van der Waals surface area (Å²) in [6.07, 6.45) is 0.683. The highest BCUT2D eigenvalue weighted by Crippen LogP contribution is 2.20. The van der Waals surface area contributed by atoms with Crippen molar-refractivity contribution < 1.29 is 8.78 Å². The molecule has 0 atom stereocenters. The van der Waals surface area contributed by atoms with Crippen molar-refractivity contribution in [1.29, 1.82) is 0 Å². The van der Waals surface area contributed by atoms with E-state index in [1.54, 1.807) is 11.6 Å². The molecule has 2 aromatic rings. The summed E-state index contributed by atoms with van der Waals surface area (Å²) < 4.78 is 28.2. The van der Waals surface area contributed by atoms with Crippen LogP contribution in [0.25, 0.3) is 11.0 Å². The van der Waals surface area contributed by atoms with Gasteiger partial charge in [-0.05, 0) is 7.05 Å². The largest absolute Gasteiger partial charge is 0.329 e. The summed E-state index contributed by atoms with van der Waals surface area (Å²) in [7, 11) is 3.57. The standard InChI is InChI=1S/C11H13F2N3/c1-14-4-3-10-15-9-6-7(12)5-8(13)11(9)16(10)2/h5-6,14H,3-4H2,1-2H3. The van der Waals surface area contributed by atoms with Gasteiger partial charge < -0.3 is 9.88 Å². The number of nitrogens with one attached hydrogen (secondary N) is 1. The van der Waals surface area contributed by atoms with Gasteiger partial charge in [0.05, 0.1) is 5.52 Å². The predicted molar refractivity (Wildman–Crippen MR) is 58.3 cm³/mol. The lowest BCUT2D eigenvalue weighted by molar-refractivity contribution is 0.587. The third-order valence-electron chi connectivity index (χ3n) is 2.58. The second kappa shape index (κ2) is 4.17. The van der Waals surface area contributed by atoms with Crippen LogP contribution < -0.4 is 5.32 Å². The first-order valence-corrected chi connectivity index (χ1v) is 5.08. The summed E-state index contributed by atoms with van der Waals surface area (Å²) in [4.78, 5) is 4.21. The molecular weight excluding hydrogens is 212 g/mol. The van der Waals surface area contributed by atoms with E-state index < -0.39 is 11.6 Å². The van der Waals surface area contributed by atoms with Crippen molar-refractivity contribution in [3.05, 3.63) is 29.6 Å². The Hall–Kier alpha value is -1.49. The highest BCUT2D eigenvalue weighted by Gasteiger charge is 2.12. The Morgan fingerprint density at radius 1 is 1.38 bits per heavy atom. The van der Waals surface area contributed by atoms with Crippen molar-refractivity contribution in [2.45, 2.75) is 6.42 Å². The van der Waals surface area contributed by atoms with Crippen molar-refractivity contribution in [2.24, 2.45) is 7.05 Å². The molecule has 0 fully saturated rings.